The Morgan fingerprint density at radius 2 is 2.00 bits per heavy atom. The molecule has 1 aromatic carbocycles. The van der Waals surface area contributed by atoms with Gasteiger partial charge in [0.05, 0.1) is 33.8 Å². The molecular weight excluding hydrogens is 434 g/mol. The number of hydrogen-bond donors (Lipinski definition) is 1. The van der Waals surface area contributed by atoms with Crippen LogP contribution in [-0.2, 0) is 4.79 Å². The van der Waals surface area contributed by atoms with Crippen molar-refractivity contribution in [2.24, 2.45) is 0 Å². The van der Waals surface area contributed by atoms with Crippen molar-refractivity contribution in [2.75, 3.05) is 12.0 Å². The molecule has 31 heavy (non-hydrogen) atoms. The number of anilines is 1. The second-order valence-corrected chi connectivity index (χ2v) is 8.71. The predicted octanol–water partition coefficient (Wildman–Crippen LogP) is 4.54. The van der Waals surface area contributed by atoms with Crippen LogP contribution >= 0.6 is 22.7 Å². The number of aromatic nitrogens is 2. The monoisotopic (exact) mass is 449 g/mol. The summed E-state index contributed by atoms with van der Waals surface area (Å²) in [7, 11) is 1.58. The Bertz CT molecular complexity index is 1330. The highest BCUT2D eigenvalue weighted by Gasteiger charge is 2.46. The topological polar surface area (TPSA) is 92.6 Å². The number of carbonyl (C=O) groups excluding carboxylic acids is 2. The smallest absolute Gasteiger partial charge is 0.296 e. The van der Waals surface area contributed by atoms with E-state index in [-0.39, 0.29) is 11.4 Å². The summed E-state index contributed by atoms with van der Waals surface area (Å²) < 4.78 is 6.10. The summed E-state index contributed by atoms with van der Waals surface area (Å²) in [5.74, 6) is -0.923. The molecule has 5 rings (SSSR count). The largest absolute Gasteiger partial charge is 0.503 e. The number of fused-ring (bicyclic) bond motifs is 1. The normalized spacial score (nSPS) is 16.4. The van der Waals surface area contributed by atoms with Gasteiger partial charge in [-0.3, -0.25) is 19.5 Å². The van der Waals surface area contributed by atoms with Crippen LogP contribution in [0.3, 0.4) is 0 Å². The van der Waals surface area contributed by atoms with E-state index in [4.69, 9.17) is 4.74 Å². The third-order valence-corrected chi connectivity index (χ3v) is 6.90. The lowest BCUT2D eigenvalue weighted by molar-refractivity contribution is -0.117. The van der Waals surface area contributed by atoms with Crippen molar-refractivity contribution < 1.29 is 19.4 Å². The standard InChI is InChI=1S/C22H15N3O4S2/c1-29-13-4-5-14-16(11-13)31-22(24-14)25-18(12-6-8-23-9-7-12)17(20(27)21(25)28)19(26)15-3-2-10-30-15/h2-11,18,27H,1H3. The van der Waals surface area contributed by atoms with E-state index in [0.717, 1.165) is 4.70 Å². The molecule has 4 aromatic rings. The number of rotatable bonds is 5. The molecule has 1 amide bonds. The number of methoxy groups -OCH3 is 1. The maximum absolute atomic E-state index is 13.2. The lowest BCUT2D eigenvalue weighted by Gasteiger charge is -2.24. The highest BCUT2D eigenvalue weighted by atomic mass is 32.1. The van der Waals surface area contributed by atoms with E-state index in [1.165, 1.54) is 27.6 Å². The lowest BCUT2D eigenvalue weighted by atomic mass is 9.96. The van der Waals surface area contributed by atoms with E-state index in [0.29, 0.717) is 26.8 Å². The van der Waals surface area contributed by atoms with E-state index in [2.05, 4.69) is 9.97 Å². The second-order valence-electron chi connectivity index (χ2n) is 6.76. The number of amides is 1. The van der Waals surface area contributed by atoms with Crippen LogP contribution in [-0.4, -0.2) is 33.9 Å². The van der Waals surface area contributed by atoms with Crippen molar-refractivity contribution >= 4 is 49.7 Å². The van der Waals surface area contributed by atoms with Gasteiger partial charge >= 0.3 is 0 Å². The summed E-state index contributed by atoms with van der Waals surface area (Å²) in [5.41, 5.74) is 1.39. The quantitative estimate of drug-likeness (QED) is 0.450. The van der Waals surface area contributed by atoms with E-state index in [1.807, 2.05) is 6.07 Å². The third kappa shape index (κ3) is 3.18. The first-order chi connectivity index (χ1) is 15.1. The van der Waals surface area contributed by atoms with Crippen LogP contribution in [0.1, 0.15) is 21.3 Å². The number of thiophene rings is 1. The molecular formula is C22H15N3O4S2. The zero-order valence-corrected chi connectivity index (χ0v) is 17.8. The molecule has 0 saturated carbocycles. The Morgan fingerprint density at radius 3 is 2.71 bits per heavy atom. The zero-order valence-electron chi connectivity index (χ0n) is 16.2. The fourth-order valence-electron chi connectivity index (χ4n) is 3.56. The van der Waals surface area contributed by atoms with Gasteiger partial charge in [0.2, 0.25) is 5.78 Å². The van der Waals surface area contributed by atoms with Crippen molar-refractivity contribution in [1.29, 1.82) is 0 Å². The van der Waals surface area contributed by atoms with Gasteiger partial charge in [0.15, 0.2) is 10.9 Å². The van der Waals surface area contributed by atoms with Gasteiger partial charge in [-0.15, -0.1) is 11.3 Å². The van der Waals surface area contributed by atoms with Crippen LogP contribution in [0, 0.1) is 0 Å². The SMILES string of the molecule is COc1ccc2nc(N3C(=O)C(O)=C(C(=O)c4cccs4)C3c3ccncc3)sc2c1. The number of Topliss-reactive ketones (excluding diaryl/α,β-unsaturated/α-hetero) is 1. The molecule has 0 radical (unpaired) electrons. The maximum Gasteiger partial charge on any atom is 0.296 e. The molecule has 1 unspecified atom stereocenters. The minimum absolute atomic E-state index is 0.0375. The van der Waals surface area contributed by atoms with Crippen LogP contribution in [0.25, 0.3) is 10.2 Å². The van der Waals surface area contributed by atoms with Gasteiger partial charge in [-0.05, 0) is 47.3 Å². The second kappa shape index (κ2) is 7.60. The first-order valence-corrected chi connectivity index (χ1v) is 11.0. The van der Waals surface area contributed by atoms with Crippen LogP contribution in [0.2, 0.25) is 0 Å². The molecule has 4 heterocycles. The number of carbonyl (C=O) groups is 2. The summed E-state index contributed by atoms with van der Waals surface area (Å²) in [6.07, 6.45) is 3.17. The zero-order chi connectivity index (χ0) is 21.5. The molecule has 1 N–H and O–H groups in total. The molecule has 9 heteroatoms. The molecule has 3 aromatic heterocycles. The van der Waals surface area contributed by atoms with Crippen LogP contribution in [0.5, 0.6) is 5.75 Å². The molecule has 0 aliphatic carbocycles. The van der Waals surface area contributed by atoms with Crippen molar-refractivity contribution in [3.63, 3.8) is 0 Å². The molecule has 0 saturated heterocycles. The number of nitrogens with zero attached hydrogens (tertiary/aromatic N) is 3. The molecule has 0 bridgehead atoms. The predicted molar refractivity (Wildman–Crippen MR) is 119 cm³/mol. The number of thiazole rings is 1. The minimum atomic E-state index is -0.812. The Morgan fingerprint density at radius 1 is 1.19 bits per heavy atom. The molecule has 1 aliphatic heterocycles. The van der Waals surface area contributed by atoms with Gasteiger partial charge in [0.25, 0.3) is 5.91 Å². The van der Waals surface area contributed by atoms with E-state index < -0.39 is 17.7 Å². The Kier molecular flexibility index (Phi) is 4.76. The van der Waals surface area contributed by atoms with Gasteiger partial charge in [-0.1, -0.05) is 17.4 Å². The van der Waals surface area contributed by atoms with Gasteiger partial charge in [0.1, 0.15) is 5.75 Å². The van der Waals surface area contributed by atoms with Crippen LogP contribution in [0.4, 0.5) is 5.13 Å². The van der Waals surface area contributed by atoms with Crippen molar-refractivity contribution in [1.82, 2.24) is 9.97 Å². The van der Waals surface area contributed by atoms with E-state index in [9.17, 15) is 14.7 Å². The molecule has 0 spiro atoms. The highest BCUT2D eigenvalue weighted by Crippen LogP contribution is 2.44. The van der Waals surface area contributed by atoms with Crippen molar-refractivity contribution in [3.8, 4) is 5.75 Å². The highest BCUT2D eigenvalue weighted by molar-refractivity contribution is 7.22. The molecule has 154 valence electrons. The number of pyridine rings is 1. The fraction of sp³-hybridized carbons (Fsp3) is 0.0909. The number of aliphatic hydroxyl groups is 1. The first-order valence-electron chi connectivity index (χ1n) is 9.28. The Hall–Kier alpha value is -3.56. The summed E-state index contributed by atoms with van der Waals surface area (Å²) in [4.78, 5) is 36.9. The summed E-state index contributed by atoms with van der Waals surface area (Å²) in [6, 6.07) is 11.5. The average molecular weight is 450 g/mol. The molecule has 1 aliphatic rings. The number of hydrogen-bond acceptors (Lipinski definition) is 8. The van der Waals surface area contributed by atoms with E-state index in [1.54, 1.807) is 61.3 Å². The van der Waals surface area contributed by atoms with E-state index >= 15 is 0 Å². The van der Waals surface area contributed by atoms with Crippen molar-refractivity contribution in [2.45, 2.75) is 6.04 Å². The fourth-order valence-corrected chi connectivity index (χ4v) is 5.26. The maximum atomic E-state index is 13.2. The number of benzene rings is 1. The minimum Gasteiger partial charge on any atom is -0.503 e. The molecule has 0 fully saturated rings. The van der Waals surface area contributed by atoms with Gasteiger partial charge in [0, 0.05) is 12.4 Å². The molecule has 7 nitrogen and oxygen atoms in total. The van der Waals surface area contributed by atoms with Crippen LogP contribution in [0.15, 0.2) is 71.6 Å². The molecule has 1 atom stereocenters. The Labute approximate surface area is 184 Å². The van der Waals surface area contributed by atoms with Gasteiger partial charge in [-0.25, -0.2) is 4.98 Å². The number of aliphatic hydroxyl groups excluding tert-OH is 1. The lowest BCUT2D eigenvalue weighted by Crippen LogP contribution is -2.30. The van der Waals surface area contributed by atoms with Gasteiger partial charge < -0.3 is 9.84 Å². The average Bonchev–Trinajstić information content (AvgIpc) is 3.52. The Balaban J connectivity index is 1.66. The number of ketones is 1. The first kappa shape index (κ1) is 19.4. The summed E-state index contributed by atoms with van der Waals surface area (Å²) >= 11 is 2.55. The number of ether oxygens (including phenoxy) is 1. The third-order valence-electron chi connectivity index (χ3n) is 5.01. The van der Waals surface area contributed by atoms with Crippen LogP contribution < -0.4 is 9.64 Å². The summed E-state index contributed by atoms with van der Waals surface area (Å²) in [6.45, 7) is 0. The summed E-state index contributed by atoms with van der Waals surface area (Å²) in [5, 5.41) is 12.9. The van der Waals surface area contributed by atoms with Crippen molar-refractivity contribution in [3.05, 3.63) is 82.0 Å². The van der Waals surface area contributed by atoms with Gasteiger partial charge in [-0.2, -0.15) is 0 Å².